The number of fused-ring (bicyclic) bond motifs is 1. The van der Waals surface area contributed by atoms with Gasteiger partial charge in [0.05, 0.1) is 6.54 Å². The predicted octanol–water partition coefficient (Wildman–Crippen LogP) is 1.53. The average molecular weight is 275 g/mol. The highest BCUT2D eigenvalue weighted by atomic mass is 16.2. The molecule has 0 radical (unpaired) electrons. The summed E-state index contributed by atoms with van der Waals surface area (Å²) in [5.74, 6) is 0.316. The number of para-hydroxylation sites is 1. The van der Waals surface area contributed by atoms with Crippen LogP contribution in [-0.4, -0.2) is 31.6 Å². The number of nitrogens with zero attached hydrogens (tertiary/aromatic N) is 1. The first kappa shape index (κ1) is 14.4. The monoisotopic (exact) mass is 275 g/mol. The van der Waals surface area contributed by atoms with Crippen LogP contribution in [0.2, 0.25) is 0 Å². The molecule has 108 valence electrons. The number of carbonyl (C=O) groups is 2. The van der Waals surface area contributed by atoms with Crippen LogP contribution in [0, 0.1) is 5.92 Å². The lowest BCUT2D eigenvalue weighted by Crippen LogP contribution is -2.44. The lowest BCUT2D eigenvalue weighted by Gasteiger charge is -2.17. The van der Waals surface area contributed by atoms with Crippen molar-refractivity contribution < 1.29 is 9.59 Å². The molecule has 2 N–H and O–H groups in total. The summed E-state index contributed by atoms with van der Waals surface area (Å²) >= 11 is 0. The van der Waals surface area contributed by atoms with Crippen LogP contribution in [0.1, 0.15) is 19.4 Å². The van der Waals surface area contributed by atoms with Gasteiger partial charge < -0.3 is 15.5 Å². The fourth-order valence-electron chi connectivity index (χ4n) is 2.21. The summed E-state index contributed by atoms with van der Waals surface area (Å²) in [6, 6.07) is 7.58. The number of rotatable bonds is 4. The number of hydrogen-bond donors (Lipinski definition) is 2. The maximum Gasteiger partial charge on any atom is 0.315 e. The molecule has 20 heavy (non-hydrogen) atoms. The first-order valence-corrected chi connectivity index (χ1v) is 6.98. The van der Waals surface area contributed by atoms with Crippen LogP contribution < -0.4 is 15.5 Å². The van der Waals surface area contributed by atoms with Crippen LogP contribution in [0.15, 0.2) is 24.3 Å². The van der Waals surface area contributed by atoms with Crippen molar-refractivity contribution >= 4 is 17.6 Å². The standard InChI is InChI=1S/C15H21N3O2/c1-11(2)9-16-15(20)17-10-14(19)18-8-7-12-5-3-4-6-13(12)18/h3-6,11H,7-10H2,1-2H3,(H2,16,17,20). The zero-order chi connectivity index (χ0) is 14.5. The van der Waals surface area contributed by atoms with E-state index < -0.39 is 0 Å². The van der Waals surface area contributed by atoms with Crippen molar-refractivity contribution in [3.8, 4) is 0 Å². The Bertz CT molecular complexity index is 500. The second-order valence-electron chi connectivity index (χ2n) is 5.38. The summed E-state index contributed by atoms with van der Waals surface area (Å²) in [6.45, 7) is 5.36. The highest BCUT2D eigenvalue weighted by Crippen LogP contribution is 2.27. The molecule has 0 spiro atoms. The number of hydrogen-bond acceptors (Lipinski definition) is 2. The maximum absolute atomic E-state index is 12.1. The Hall–Kier alpha value is -2.04. The van der Waals surface area contributed by atoms with E-state index in [1.807, 2.05) is 38.1 Å². The van der Waals surface area contributed by atoms with E-state index >= 15 is 0 Å². The second kappa shape index (κ2) is 6.41. The Kier molecular flexibility index (Phi) is 4.61. The second-order valence-corrected chi connectivity index (χ2v) is 5.38. The first-order chi connectivity index (χ1) is 9.58. The molecule has 0 aromatic heterocycles. The maximum atomic E-state index is 12.1. The van der Waals surface area contributed by atoms with Crippen LogP contribution in [0.3, 0.4) is 0 Å². The third-order valence-corrected chi connectivity index (χ3v) is 3.26. The van der Waals surface area contributed by atoms with Crippen molar-refractivity contribution in [3.63, 3.8) is 0 Å². The fourth-order valence-corrected chi connectivity index (χ4v) is 2.21. The smallest absolute Gasteiger partial charge is 0.315 e. The Balaban J connectivity index is 1.83. The van der Waals surface area contributed by atoms with Crippen molar-refractivity contribution in [3.05, 3.63) is 29.8 Å². The largest absolute Gasteiger partial charge is 0.338 e. The molecule has 1 aliphatic rings. The Morgan fingerprint density at radius 2 is 2.00 bits per heavy atom. The van der Waals surface area contributed by atoms with Crippen LogP contribution in [0.4, 0.5) is 10.5 Å². The number of carbonyl (C=O) groups excluding carboxylic acids is 2. The summed E-state index contributed by atoms with van der Waals surface area (Å²) in [7, 11) is 0. The van der Waals surface area contributed by atoms with E-state index in [0.717, 1.165) is 12.1 Å². The minimum absolute atomic E-state index is 0.0261. The zero-order valence-electron chi connectivity index (χ0n) is 12.0. The fraction of sp³-hybridized carbons (Fsp3) is 0.467. The zero-order valence-corrected chi connectivity index (χ0v) is 12.0. The molecule has 5 heteroatoms. The number of benzene rings is 1. The predicted molar refractivity (Wildman–Crippen MR) is 78.7 cm³/mol. The number of anilines is 1. The third-order valence-electron chi connectivity index (χ3n) is 3.26. The minimum Gasteiger partial charge on any atom is -0.338 e. The topological polar surface area (TPSA) is 61.4 Å². The summed E-state index contributed by atoms with van der Waals surface area (Å²) < 4.78 is 0. The summed E-state index contributed by atoms with van der Waals surface area (Å²) in [5.41, 5.74) is 2.15. The van der Waals surface area contributed by atoms with E-state index in [-0.39, 0.29) is 18.5 Å². The Morgan fingerprint density at radius 1 is 1.25 bits per heavy atom. The van der Waals surface area contributed by atoms with Gasteiger partial charge >= 0.3 is 6.03 Å². The molecule has 1 heterocycles. The van der Waals surface area contributed by atoms with Crippen LogP contribution in [0.5, 0.6) is 0 Å². The van der Waals surface area contributed by atoms with Crippen LogP contribution in [0.25, 0.3) is 0 Å². The van der Waals surface area contributed by atoms with Gasteiger partial charge in [0, 0.05) is 18.8 Å². The minimum atomic E-state index is -0.292. The van der Waals surface area contributed by atoms with Gasteiger partial charge in [0.15, 0.2) is 0 Å². The van der Waals surface area contributed by atoms with Crippen LogP contribution in [-0.2, 0) is 11.2 Å². The molecule has 0 fully saturated rings. The Morgan fingerprint density at radius 3 is 2.75 bits per heavy atom. The van der Waals surface area contributed by atoms with Crippen molar-refractivity contribution in [2.24, 2.45) is 5.92 Å². The highest BCUT2D eigenvalue weighted by molar-refractivity contribution is 5.98. The molecule has 0 saturated carbocycles. The normalized spacial score (nSPS) is 13.2. The van der Waals surface area contributed by atoms with Gasteiger partial charge in [-0.2, -0.15) is 0 Å². The summed E-state index contributed by atoms with van der Waals surface area (Å²) in [6.07, 6.45) is 0.876. The highest BCUT2D eigenvalue weighted by Gasteiger charge is 2.23. The van der Waals surface area contributed by atoms with Crippen molar-refractivity contribution in [2.75, 3.05) is 24.5 Å². The molecule has 1 aliphatic heterocycles. The van der Waals surface area contributed by atoms with Crippen molar-refractivity contribution in [1.29, 1.82) is 0 Å². The molecule has 0 bridgehead atoms. The van der Waals surface area contributed by atoms with Gasteiger partial charge in [-0.3, -0.25) is 4.79 Å². The molecule has 2 rings (SSSR count). The van der Waals surface area contributed by atoms with E-state index in [1.165, 1.54) is 5.56 Å². The molecule has 0 saturated heterocycles. The molecule has 0 atom stereocenters. The lowest BCUT2D eigenvalue weighted by molar-refractivity contribution is -0.117. The first-order valence-electron chi connectivity index (χ1n) is 6.98. The summed E-state index contributed by atoms with van der Waals surface area (Å²) in [4.78, 5) is 25.4. The van der Waals surface area contributed by atoms with Crippen molar-refractivity contribution in [1.82, 2.24) is 10.6 Å². The van der Waals surface area contributed by atoms with Gasteiger partial charge in [0.25, 0.3) is 0 Å². The molecule has 1 aromatic rings. The number of nitrogens with one attached hydrogen (secondary N) is 2. The van der Waals surface area contributed by atoms with Gasteiger partial charge in [-0.25, -0.2) is 4.79 Å². The molecular formula is C15H21N3O2. The molecule has 1 aromatic carbocycles. The van der Waals surface area contributed by atoms with Crippen LogP contribution >= 0.6 is 0 Å². The van der Waals surface area contributed by atoms with Gasteiger partial charge in [-0.1, -0.05) is 32.0 Å². The van der Waals surface area contributed by atoms with E-state index in [0.29, 0.717) is 19.0 Å². The molecular weight excluding hydrogens is 254 g/mol. The van der Waals surface area contributed by atoms with E-state index in [4.69, 9.17) is 0 Å². The van der Waals surface area contributed by atoms with Gasteiger partial charge in [0.2, 0.25) is 5.91 Å². The van der Waals surface area contributed by atoms with Crippen molar-refractivity contribution in [2.45, 2.75) is 20.3 Å². The van der Waals surface area contributed by atoms with E-state index in [1.54, 1.807) is 4.90 Å². The van der Waals surface area contributed by atoms with Gasteiger partial charge in [0.1, 0.15) is 0 Å². The molecule has 0 aliphatic carbocycles. The number of urea groups is 1. The van der Waals surface area contributed by atoms with Gasteiger partial charge in [-0.05, 0) is 24.0 Å². The summed E-state index contributed by atoms with van der Waals surface area (Å²) in [5, 5.41) is 5.33. The van der Waals surface area contributed by atoms with E-state index in [2.05, 4.69) is 10.6 Å². The van der Waals surface area contributed by atoms with Gasteiger partial charge in [-0.15, -0.1) is 0 Å². The molecule has 0 unspecified atom stereocenters. The average Bonchev–Trinajstić information content (AvgIpc) is 2.86. The SMILES string of the molecule is CC(C)CNC(=O)NCC(=O)N1CCc2ccccc21. The molecule has 3 amide bonds. The molecule has 5 nitrogen and oxygen atoms in total. The number of amides is 3. The van der Waals surface area contributed by atoms with E-state index in [9.17, 15) is 9.59 Å². The quantitative estimate of drug-likeness (QED) is 0.875. The third kappa shape index (κ3) is 3.50. The lowest BCUT2D eigenvalue weighted by atomic mass is 10.2. The Labute approximate surface area is 119 Å².